The van der Waals surface area contributed by atoms with Gasteiger partial charge in [-0.05, 0) is 36.8 Å². The van der Waals surface area contributed by atoms with Gasteiger partial charge in [0, 0.05) is 0 Å². The minimum atomic E-state index is -0.308. The fourth-order valence-electron chi connectivity index (χ4n) is 2.19. The molecule has 3 rings (SSSR count). The fraction of sp³-hybridized carbons (Fsp3) is 0.188. The molecule has 0 radical (unpaired) electrons. The number of nitrogens with zero attached hydrogens (tertiary/aromatic N) is 3. The Bertz CT molecular complexity index is 793. The molecule has 0 atom stereocenters. The molecule has 6 nitrogen and oxygen atoms in total. The summed E-state index contributed by atoms with van der Waals surface area (Å²) in [5, 5.41) is 18.7. The summed E-state index contributed by atoms with van der Waals surface area (Å²) in [5.74, 6) is -0.259. The maximum Gasteiger partial charge on any atom is 0.310 e. The van der Waals surface area contributed by atoms with E-state index in [0.29, 0.717) is 12.3 Å². The number of carbonyl (C=O) groups excluding carboxylic acids is 1. The van der Waals surface area contributed by atoms with Gasteiger partial charge >= 0.3 is 5.97 Å². The Kier molecular flexibility index (Phi) is 3.74. The van der Waals surface area contributed by atoms with Crippen LogP contribution < -0.4 is 0 Å². The summed E-state index contributed by atoms with van der Waals surface area (Å²) in [7, 11) is 0. The zero-order chi connectivity index (χ0) is 15.5. The molecule has 2 aromatic carbocycles. The van der Waals surface area contributed by atoms with Gasteiger partial charge < -0.3 is 9.84 Å². The molecular weight excluding hydrogens is 282 g/mol. The third kappa shape index (κ3) is 2.76. The molecule has 1 N–H and O–H groups in total. The smallest absolute Gasteiger partial charge is 0.310 e. The van der Waals surface area contributed by atoms with Crippen LogP contribution in [-0.2, 0) is 16.0 Å². The Morgan fingerprint density at radius 1 is 1.18 bits per heavy atom. The second-order valence-electron chi connectivity index (χ2n) is 4.78. The van der Waals surface area contributed by atoms with Gasteiger partial charge in [-0.25, -0.2) is 0 Å². The van der Waals surface area contributed by atoms with Crippen LogP contribution in [0.1, 0.15) is 12.5 Å². The first-order valence-electron chi connectivity index (χ1n) is 6.97. The molecule has 0 unspecified atom stereocenters. The zero-order valence-corrected chi connectivity index (χ0v) is 12.1. The fourth-order valence-corrected chi connectivity index (χ4v) is 2.19. The molecule has 0 aliphatic heterocycles. The molecule has 0 amide bonds. The summed E-state index contributed by atoms with van der Waals surface area (Å²) >= 11 is 0. The number of ether oxygens (including phenoxy) is 1. The lowest BCUT2D eigenvalue weighted by Gasteiger charge is -2.06. The molecule has 3 aromatic rings. The second-order valence-corrected chi connectivity index (χ2v) is 4.78. The quantitative estimate of drug-likeness (QED) is 0.747. The predicted molar refractivity (Wildman–Crippen MR) is 80.9 cm³/mol. The average molecular weight is 297 g/mol. The molecule has 22 heavy (non-hydrogen) atoms. The average Bonchev–Trinajstić information content (AvgIpc) is 2.93. The minimum Gasteiger partial charge on any atom is -0.506 e. The molecule has 0 spiro atoms. The van der Waals surface area contributed by atoms with Crippen LogP contribution in [0.4, 0.5) is 0 Å². The summed E-state index contributed by atoms with van der Waals surface area (Å²) in [6.07, 6.45) is 0.141. The minimum absolute atomic E-state index is 0.0490. The second kappa shape index (κ2) is 5.85. The van der Waals surface area contributed by atoms with E-state index >= 15 is 0 Å². The van der Waals surface area contributed by atoms with Crippen molar-refractivity contribution in [3.05, 3.63) is 48.0 Å². The highest BCUT2D eigenvalue weighted by Gasteiger charge is 2.11. The predicted octanol–water partition coefficient (Wildman–Crippen LogP) is 2.23. The van der Waals surface area contributed by atoms with E-state index < -0.39 is 0 Å². The lowest BCUT2D eigenvalue weighted by molar-refractivity contribution is -0.142. The Morgan fingerprint density at radius 2 is 1.86 bits per heavy atom. The zero-order valence-electron chi connectivity index (χ0n) is 12.1. The van der Waals surface area contributed by atoms with Crippen molar-refractivity contribution in [2.45, 2.75) is 13.3 Å². The van der Waals surface area contributed by atoms with E-state index in [4.69, 9.17) is 4.74 Å². The van der Waals surface area contributed by atoms with Gasteiger partial charge in [-0.2, -0.15) is 0 Å². The van der Waals surface area contributed by atoms with Gasteiger partial charge in [0.2, 0.25) is 0 Å². The van der Waals surface area contributed by atoms with E-state index in [1.807, 2.05) is 24.3 Å². The van der Waals surface area contributed by atoms with Gasteiger partial charge in [0.1, 0.15) is 22.5 Å². The maximum atomic E-state index is 11.6. The number of rotatable bonds is 4. The van der Waals surface area contributed by atoms with Crippen LogP contribution in [0.2, 0.25) is 0 Å². The van der Waals surface area contributed by atoms with Crippen LogP contribution in [0.3, 0.4) is 0 Å². The van der Waals surface area contributed by atoms with E-state index in [1.165, 1.54) is 10.9 Å². The number of hydrogen-bond donors (Lipinski definition) is 1. The number of hydrogen-bond acceptors (Lipinski definition) is 5. The summed E-state index contributed by atoms with van der Waals surface area (Å²) in [4.78, 5) is 12.9. The molecule has 0 aliphatic carbocycles. The summed E-state index contributed by atoms with van der Waals surface area (Å²) in [6, 6.07) is 12.3. The van der Waals surface area contributed by atoms with Gasteiger partial charge in [-0.3, -0.25) is 4.79 Å². The summed E-state index contributed by atoms with van der Waals surface area (Å²) in [5.41, 5.74) is 2.63. The van der Waals surface area contributed by atoms with Gasteiger partial charge in [0.15, 0.2) is 0 Å². The standard InChI is InChI=1S/C16H15N3O3/c1-2-22-16(21)10-11-7-8-15(20)14(9-11)19-17-12-5-3-4-6-13(12)18-19/h3-9,20H,2,10H2,1H3. The molecular formula is C16H15N3O3. The number of phenolic OH excluding ortho intramolecular Hbond substituents is 1. The Morgan fingerprint density at radius 3 is 2.50 bits per heavy atom. The van der Waals surface area contributed by atoms with Crippen molar-refractivity contribution in [3.63, 3.8) is 0 Å². The van der Waals surface area contributed by atoms with Crippen molar-refractivity contribution in [1.82, 2.24) is 15.0 Å². The number of fused-ring (bicyclic) bond motifs is 1. The van der Waals surface area contributed by atoms with Crippen molar-refractivity contribution >= 4 is 17.0 Å². The number of aromatic nitrogens is 3. The van der Waals surface area contributed by atoms with Gasteiger partial charge in [0.05, 0.1) is 13.0 Å². The van der Waals surface area contributed by atoms with E-state index in [-0.39, 0.29) is 18.1 Å². The lowest BCUT2D eigenvalue weighted by atomic mass is 10.1. The highest BCUT2D eigenvalue weighted by atomic mass is 16.5. The molecule has 0 aliphatic rings. The van der Waals surface area contributed by atoms with Crippen molar-refractivity contribution in [2.75, 3.05) is 6.61 Å². The molecule has 1 aromatic heterocycles. The Labute approximate surface area is 126 Å². The SMILES string of the molecule is CCOC(=O)Cc1ccc(O)c(-n2nc3ccccc3n2)c1. The van der Waals surface area contributed by atoms with Crippen molar-refractivity contribution in [3.8, 4) is 11.4 Å². The first kappa shape index (κ1) is 14.1. The van der Waals surface area contributed by atoms with Crippen LogP contribution in [0.15, 0.2) is 42.5 Å². The normalized spacial score (nSPS) is 10.8. The van der Waals surface area contributed by atoms with Crippen LogP contribution in [0, 0.1) is 0 Å². The molecule has 0 bridgehead atoms. The van der Waals surface area contributed by atoms with E-state index in [9.17, 15) is 9.90 Å². The van der Waals surface area contributed by atoms with E-state index in [1.54, 1.807) is 19.1 Å². The first-order chi connectivity index (χ1) is 10.7. The van der Waals surface area contributed by atoms with Gasteiger partial charge in [-0.1, -0.05) is 18.2 Å². The monoisotopic (exact) mass is 297 g/mol. The van der Waals surface area contributed by atoms with Gasteiger partial charge in [0.25, 0.3) is 0 Å². The highest BCUT2D eigenvalue weighted by molar-refractivity contribution is 5.74. The molecule has 112 valence electrons. The molecule has 6 heteroatoms. The van der Waals surface area contributed by atoms with Crippen molar-refractivity contribution < 1.29 is 14.6 Å². The first-order valence-corrected chi connectivity index (χ1v) is 6.97. The Balaban J connectivity index is 1.97. The van der Waals surface area contributed by atoms with Crippen LogP contribution in [-0.4, -0.2) is 32.7 Å². The number of benzene rings is 2. The molecule has 0 saturated carbocycles. The third-order valence-corrected chi connectivity index (χ3v) is 3.20. The van der Waals surface area contributed by atoms with Crippen LogP contribution in [0.5, 0.6) is 5.75 Å². The number of aromatic hydroxyl groups is 1. The lowest BCUT2D eigenvalue weighted by Crippen LogP contribution is -2.08. The van der Waals surface area contributed by atoms with Gasteiger partial charge in [-0.15, -0.1) is 15.0 Å². The van der Waals surface area contributed by atoms with Crippen molar-refractivity contribution in [2.24, 2.45) is 0 Å². The van der Waals surface area contributed by atoms with Crippen molar-refractivity contribution in [1.29, 1.82) is 0 Å². The summed E-state index contributed by atoms with van der Waals surface area (Å²) < 4.78 is 4.93. The highest BCUT2D eigenvalue weighted by Crippen LogP contribution is 2.23. The van der Waals surface area contributed by atoms with Crippen LogP contribution in [0.25, 0.3) is 16.7 Å². The van der Waals surface area contributed by atoms with E-state index in [0.717, 1.165) is 16.6 Å². The largest absolute Gasteiger partial charge is 0.506 e. The third-order valence-electron chi connectivity index (χ3n) is 3.20. The van der Waals surface area contributed by atoms with E-state index in [2.05, 4.69) is 10.2 Å². The Hall–Kier alpha value is -2.89. The number of phenols is 1. The molecule has 0 saturated heterocycles. The van der Waals surface area contributed by atoms with Crippen LogP contribution >= 0.6 is 0 Å². The summed E-state index contributed by atoms with van der Waals surface area (Å²) in [6.45, 7) is 2.11. The topological polar surface area (TPSA) is 77.2 Å². The maximum absolute atomic E-state index is 11.6. The number of carbonyl (C=O) groups is 1. The molecule has 0 fully saturated rings. The molecule has 1 heterocycles. The number of esters is 1.